The Morgan fingerprint density at radius 3 is 2.68 bits per heavy atom. The largest absolute Gasteiger partial charge is 0.433 e. The first-order chi connectivity index (χ1) is 9.15. The molecule has 0 spiro atoms. The van der Waals surface area contributed by atoms with Gasteiger partial charge < -0.3 is 4.42 Å². The maximum Gasteiger partial charge on any atom is 0.433 e. The molecule has 2 heterocycles. The zero-order valence-corrected chi connectivity index (χ0v) is 10.3. The van der Waals surface area contributed by atoms with Crippen LogP contribution < -0.4 is 0 Å². The summed E-state index contributed by atoms with van der Waals surface area (Å²) >= 11 is 1.34. The Hall–Kier alpha value is -2.34. The molecule has 1 aromatic carbocycles. The molecule has 0 fully saturated rings. The molecule has 2 aromatic rings. The van der Waals surface area contributed by atoms with Crippen molar-refractivity contribution in [3.05, 3.63) is 62.7 Å². The first kappa shape index (κ1) is 11.7. The predicted molar refractivity (Wildman–Crippen MR) is 70.0 cm³/mol. The number of furan rings is 1. The number of carbonyl (C=O) groups excluding carboxylic acids is 1. The van der Waals surface area contributed by atoms with E-state index in [-0.39, 0.29) is 11.7 Å². The molecule has 0 saturated heterocycles. The zero-order chi connectivity index (χ0) is 13.4. The van der Waals surface area contributed by atoms with Gasteiger partial charge in [-0.25, -0.2) is 0 Å². The van der Waals surface area contributed by atoms with E-state index in [1.54, 1.807) is 12.1 Å². The second-order valence-corrected chi connectivity index (χ2v) is 4.95. The number of thioether (sulfide) groups is 1. The van der Waals surface area contributed by atoms with Gasteiger partial charge in [-0.05, 0) is 24.3 Å². The van der Waals surface area contributed by atoms with Gasteiger partial charge in [0.05, 0.1) is 11.0 Å². The Morgan fingerprint density at radius 2 is 2.00 bits per heavy atom. The van der Waals surface area contributed by atoms with Crippen molar-refractivity contribution in [3.8, 4) is 0 Å². The molecule has 94 valence electrons. The fourth-order valence-electron chi connectivity index (χ4n) is 1.78. The first-order valence-electron chi connectivity index (χ1n) is 5.42. The Labute approximate surface area is 112 Å². The Morgan fingerprint density at radius 1 is 1.21 bits per heavy atom. The lowest BCUT2D eigenvalue weighted by Gasteiger charge is -1.91. The van der Waals surface area contributed by atoms with Crippen LogP contribution >= 0.6 is 11.8 Å². The van der Waals surface area contributed by atoms with Gasteiger partial charge >= 0.3 is 5.88 Å². The lowest BCUT2D eigenvalue weighted by Crippen LogP contribution is -1.93. The highest BCUT2D eigenvalue weighted by Crippen LogP contribution is 2.40. The lowest BCUT2D eigenvalue weighted by molar-refractivity contribution is -0.402. The second kappa shape index (κ2) is 4.40. The monoisotopic (exact) mass is 273 g/mol. The van der Waals surface area contributed by atoms with Crippen molar-refractivity contribution in [2.24, 2.45) is 0 Å². The van der Waals surface area contributed by atoms with Crippen LogP contribution in [0.25, 0.3) is 6.08 Å². The van der Waals surface area contributed by atoms with E-state index >= 15 is 0 Å². The third kappa shape index (κ3) is 2.06. The fraction of sp³-hybridized carbons (Fsp3) is 0. The Kier molecular flexibility index (Phi) is 2.72. The van der Waals surface area contributed by atoms with Crippen molar-refractivity contribution in [2.45, 2.75) is 4.90 Å². The summed E-state index contributed by atoms with van der Waals surface area (Å²) in [5, 5.41) is 10.5. The van der Waals surface area contributed by atoms with E-state index in [1.165, 1.54) is 30.0 Å². The number of hydrogen-bond donors (Lipinski definition) is 0. The molecule has 0 unspecified atom stereocenters. The van der Waals surface area contributed by atoms with E-state index in [0.717, 1.165) is 4.90 Å². The van der Waals surface area contributed by atoms with E-state index in [2.05, 4.69) is 0 Å². The summed E-state index contributed by atoms with van der Waals surface area (Å²) in [6, 6.07) is 10.0. The highest BCUT2D eigenvalue weighted by molar-refractivity contribution is 8.04. The van der Waals surface area contributed by atoms with Gasteiger partial charge in [0.1, 0.15) is 10.7 Å². The van der Waals surface area contributed by atoms with Crippen LogP contribution in [0.15, 0.2) is 50.6 Å². The number of benzene rings is 1. The van der Waals surface area contributed by atoms with Crippen LogP contribution in [-0.4, -0.2) is 10.7 Å². The molecule has 3 rings (SSSR count). The van der Waals surface area contributed by atoms with E-state index in [4.69, 9.17) is 4.42 Å². The number of Topliss-reactive ketones (excluding diaryl/α,β-unsaturated/α-hetero) is 1. The molecule has 0 atom stereocenters. The fourth-order valence-corrected chi connectivity index (χ4v) is 2.81. The molecule has 0 bridgehead atoms. The van der Waals surface area contributed by atoms with Gasteiger partial charge in [0.2, 0.25) is 5.78 Å². The van der Waals surface area contributed by atoms with Gasteiger partial charge in [-0.15, -0.1) is 0 Å². The maximum absolute atomic E-state index is 12.1. The second-order valence-electron chi connectivity index (χ2n) is 3.87. The molecule has 0 amide bonds. The highest BCUT2D eigenvalue weighted by atomic mass is 32.2. The van der Waals surface area contributed by atoms with Crippen LogP contribution in [0, 0.1) is 10.1 Å². The van der Waals surface area contributed by atoms with Gasteiger partial charge in [0.15, 0.2) is 0 Å². The number of hydrogen-bond acceptors (Lipinski definition) is 5. The van der Waals surface area contributed by atoms with E-state index < -0.39 is 4.92 Å². The highest BCUT2D eigenvalue weighted by Gasteiger charge is 2.25. The molecular formula is C13H7NO4S. The molecule has 1 aromatic heterocycles. The minimum Gasteiger partial charge on any atom is -0.401 e. The molecule has 0 aliphatic carbocycles. The van der Waals surface area contributed by atoms with Gasteiger partial charge in [0.25, 0.3) is 0 Å². The van der Waals surface area contributed by atoms with Gasteiger partial charge in [0, 0.05) is 10.5 Å². The number of nitrogens with zero attached hydrogens (tertiary/aromatic N) is 1. The summed E-state index contributed by atoms with van der Waals surface area (Å²) in [6.45, 7) is 0. The van der Waals surface area contributed by atoms with Crippen LogP contribution in [-0.2, 0) is 0 Å². The number of nitro groups is 1. The summed E-state index contributed by atoms with van der Waals surface area (Å²) in [5.41, 5.74) is 0.653. The van der Waals surface area contributed by atoms with Crippen LogP contribution in [0.4, 0.5) is 5.88 Å². The van der Waals surface area contributed by atoms with Gasteiger partial charge in [-0.1, -0.05) is 23.9 Å². The summed E-state index contributed by atoms with van der Waals surface area (Å²) in [4.78, 5) is 23.4. The first-order valence-corrected chi connectivity index (χ1v) is 6.24. The molecule has 1 aliphatic heterocycles. The van der Waals surface area contributed by atoms with Gasteiger partial charge in [-0.3, -0.25) is 14.9 Å². The van der Waals surface area contributed by atoms with Crippen LogP contribution in [0.1, 0.15) is 16.1 Å². The molecule has 6 heteroatoms. The van der Waals surface area contributed by atoms with Crippen molar-refractivity contribution in [3.63, 3.8) is 0 Å². The Balaban J connectivity index is 1.94. The standard InChI is InChI=1S/C13H7NO4S/c15-13-9-3-1-2-4-10(9)19-11(13)7-8-5-6-12(18-8)14(16)17/h1-7H/b11-7-. The molecular weight excluding hydrogens is 266 g/mol. The van der Waals surface area contributed by atoms with E-state index in [1.807, 2.05) is 12.1 Å². The predicted octanol–water partition coefficient (Wildman–Crippen LogP) is 3.52. The smallest absolute Gasteiger partial charge is 0.401 e. The molecule has 19 heavy (non-hydrogen) atoms. The van der Waals surface area contributed by atoms with Crippen molar-refractivity contribution >= 4 is 29.5 Å². The number of allylic oxidation sites excluding steroid dienone is 1. The van der Waals surface area contributed by atoms with E-state index in [0.29, 0.717) is 16.2 Å². The molecule has 0 N–H and O–H groups in total. The SMILES string of the molecule is O=C1/C(=C/c2ccc([N+](=O)[O-])o2)Sc2ccccc21. The average molecular weight is 273 g/mol. The molecule has 5 nitrogen and oxygen atoms in total. The third-order valence-electron chi connectivity index (χ3n) is 2.64. The number of fused-ring (bicyclic) bond motifs is 1. The van der Waals surface area contributed by atoms with Crippen molar-refractivity contribution in [1.82, 2.24) is 0 Å². The topological polar surface area (TPSA) is 73.3 Å². The summed E-state index contributed by atoms with van der Waals surface area (Å²) < 4.78 is 5.01. The number of carbonyl (C=O) groups is 1. The Bertz CT molecular complexity index is 717. The quantitative estimate of drug-likeness (QED) is 0.475. The maximum atomic E-state index is 12.1. The summed E-state index contributed by atoms with van der Waals surface area (Å²) in [7, 11) is 0. The molecule has 0 radical (unpaired) electrons. The minimum absolute atomic E-state index is 0.0837. The van der Waals surface area contributed by atoms with Crippen LogP contribution in [0.2, 0.25) is 0 Å². The lowest BCUT2D eigenvalue weighted by atomic mass is 10.1. The van der Waals surface area contributed by atoms with Crippen LogP contribution in [0.5, 0.6) is 0 Å². The van der Waals surface area contributed by atoms with Crippen molar-refractivity contribution < 1.29 is 14.1 Å². The van der Waals surface area contributed by atoms with Crippen molar-refractivity contribution in [2.75, 3.05) is 0 Å². The zero-order valence-electron chi connectivity index (χ0n) is 9.53. The number of rotatable bonds is 2. The van der Waals surface area contributed by atoms with Crippen LogP contribution in [0.3, 0.4) is 0 Å². The minimum atomic E-state index is -0.611. The summed E-state index contributed by atoms with van der Waals surface area (Å²) in [6.07, 6.45) is 1.53. The third-order valence-corrected chi connectivity index (χ3v) is 3.74. The van der Waals surface area contributed by atoms with Crippen molar-refractivity contribution in [1.29, 1.82) is 0 Å². The average Bonchev–Trinajstić information content (AvgIpc) is 2.97. The number of ketones is 1. The molecule has 1 aliphatic rings. The van der Waals surface area contributed by atoms with Gasteiger partial charge in [-0.2, -0.15) is 0 Å². The van der Waals surface area contributed by atoms with E-state index in [9.17, 15) is 14.9 Å². The molecule has 0 saturated carbocycles. The summed E-state index contributed by atoms with van der Waals surface area (Å²) in [5.74, 6) is -0.116. The normalized spacial score (nSPS) is 15.8.